The first kappa shape index (κ1) is 14.0. The second-order valence-electron chi connectivity index (χ2n) is 5.01. The van der Waals surface area contributed by atoms with Gasteiger partial charge in [0, 0.05) is 18.7 Å². The maximum absolute atomic E-state index is 5.76. The third-order valence-electron chi connectivity index (χ3n) is 4.06. The largest absolute Gasteiger partial charge is 0.377 e. The molecule has 0 saturated carbocycles. The Hall–Kier alpha value is -1.45. The van der Waals surface area contributed by atoms with Gasteiger partial charge in [-0.15, -0.1) is 0 Å². The highest BCUT2D eigenvalue weighted by atomic mass is 16.5. The van der Waals surface area contributed by atoms with Gasteiger partial charge in [0.2, 0.25) is 0 Å². The van der Waals surface area contributed by atoms with Gasteiger partial charge in [0.1, 0.15) is 0 Å². The molecule has 0 aliphatic heterocycles. The fraction of sp³-hybridized carbons (Fsp3) is 0.438. The summed E-state index contributed by atoms with van der Waals surface area (Å²) in [5.74, 6) is 0. The van der Waals surface area contributed by atoms with Crippen LogP contribution in [-0.2, 0) is 4.74 Å². The molecule has 102 valence electrons. The number of likely N-dealkylation sites (N-methyl/N-ethyl adjacent to an activating group) is 1. The highest BCUT2D eigenvalue weighted by molar-refractivity contribution is 5.82. The Bertz CT molecular complexity index is 544. The second-order valence-corrected chi connectivity index (χ2v) is 5.01. The number of nitrogens with zero attached hydrogens (tertiary/aromatic N) is 1. The van der Waals surface area contributed by atoms with Crippen LogP contribution < -0.4 is 5.32 Å². The lowest BCUT2D eigenvalue weighted by atomic mass is 9.86. The molecule has 3 heteroatoms. The van der Waals surface area contributed by atoms with Gasteiger partial charge in [-0.2, -0.15) is 0 Å². The van der Waals surface area contributed by atoms with Crippen LogP contribution in [0.5, 0.6) is 0 Å². The number of hydrogen-bond donors (Lipinski definition) is 1. The molecule has 0 aliphatic carbocycles. The van der Waals surface area contributed by atoms with E-state index < -0.39 is 0 Å². The number of fused-ring (bicyclic) bond motifs is 1. The van der Waals surface area contributed by atoms with Gasteiger partial charge >= 0.3 is 0 Å². The van der Waals surface area contributed by atoms with Gasteiger partial charge < -0.3 is 10.1 Å². The maximum Gasteiger partial charge on any atom is 0.0842 e. The van der Waals surface area contributed by atoms with Crippen molar-refractivity contribution in [1.29, 1.82) is 0 Å². The van der Waals surface area contributed by atoms with Crippen molar-refractivity contribution in [2.75, 3.05) is 14.2 Å². The minimum atomic E-state index is -0.237. The van der Waals surface area contributed by atoms with Gasteiger partial charge in [-0.3, -0.25) is 4.98 Å². The van der Waals surface area contributed by atoms with Crippen LogP contribution in [0, 0.1) is 0 Å². The van der Waals surface area contributed by atoms with Crippen LogP contribution in [0.4, 0.5) is 0 Å². The molecule has 2 atom stereocenters. The lowest BCUT2D eigenvalue weighted by molar-refractivity contribution is -0.0276. The third kappa shape index (κ3) is 2.48. The average molecular weight is 258 g/mol. The molecule has 2 aromatic rings. The van der Waals surface area contributed by atoms with Gasteiger partial charge in [-0.1, -0.05) is 25.1 Å². The normalized spacial score (nSPS) is 16.2. The summed E-state index contributed by atoms with van der Waals surface area (Å²) >= 11 is 0. The Morgan fingerprint density at radius 2 is 2.11 bits per heavy atom. The predicted octanol–water partition coefficient (Wildman–Crippen LogP) is 3.31. The van der Waals surface area contributed by atoms with Gasteiger partial charge in [0.25, 0.3) is 0 Å². The van der Waals surface area contributed by atoms with E-state index in [1.165, 1.54) is 10.9 Å². The monoisotopic (exact) mass is 258 g/mol. The summed E-state index contributed by atoms with van der Waals surface area (Å²) < 4.78 is 5.76. The molecule has 1 N–H and O–H groups in total. The van der Waals surface area contributed by atoms with E-state index in [0.29, 0.717) is 0 Å². The van der Waals surface area contributed by atoms with Crippen molar-refractivity contribution in [2.45, 2.75) is 31.9 Å². The van der Waals surface area contributed by atoms with Crippen LogP contribution in [0.2, 0.25) is 0 Å². The summed E-state index contributed by atoms with van der Waals surface area (Å²) in [6.45, 7) is 4.29. The summed E-state index contributed by atoms with van der Waals surface area (Å²) in [7, 11) is 3.75. The van der Waals surface area contributed by atoms with Crippen LogP contribution in [0.15, 0.2) is 36.5 Å². The molecule has 3 nitrogen and oxygen atoms in total. The molecule has 1 aromatic carbocycles. The van der Waals surface area contributed by atoms with E-state index in [-0.39, 0.29) is 11.6 Å². The number of nitrogens with one attached hydrogen (secondary N) is 1. The van der Waals surface area contributed by atoms with E-state index >= 15 is 0 Å². The zero-order chi connectivity index (χ0) is 13.9. The van der Waals surface area contributed by atoms with Crippen molar-refractivity contribution in [3.05, 3.63) is 42.1 Å². The van der Waals surface area contributed by atoms with Crippen LogP contribution in [0.1, 0.15) is 31.9 Å². The van der Waals surface area contributed by atoms with Crippen molar-refractivity contribution in [1.82, 2.24) is 10.3 Å². The van der Waals surface area contributed by atoms with E-state index in [0.717, 1.165) is 11.9 Å². The van der Waals surface area contributed by atoms with E-state index in [4.69, 9.17) is 4.74 Å². The predicted molar refractivity (Wildman–Crippen MR) is 79.2 cm³/mol. The van der Waals surface area contributed by atoms with Gasteiger partial charge in [-0.05, 0) is 38.1 Å². The smallest absolute Gasteiger partial charge is 0.0842 e. The molecule has 0 radical (unpaired) electrons. The Balaban J connectivity index is 2.58. The molecular weight excluding hydrogens is 236 g/mol. The Kier molecular flexibility index (Phi) is 4.17. The Morgan fingerprint density at radius 1 is 1.32 bits per heavy atom. The number of pyridine rings is 1. The molecule has 0 fully saturated rings. The number of benzene rings is 1. The molecule has 2 rings (SSSR count). The Labute approximate surface area is 115 Å². The molecule has 0 bridgehead atoms. The van der Waals surface area contributed by atoms with E-state index in [1.54, 1.807) is 7.11 Å². The third-order valence-corrected chi connectivity index (χ3v) is 4.06. The lowest BCUT2D eigenvalue weighted by Gasteiger charge is -2.36. The molecule has 2 unspecified atom stereocenters. The molecule has 0 amide bonds. The quantitative estimate of drug-likeness (QED) is 0.893. The van der Waals surface area contributed by atoms with Crippen LogP contribution in [0.25, 0.3) is 10.9 Å². The lowest BCUT2D eigenvalue weighted by Crippen LogP contribution is -2.41. The van der Waals surface area contributed by atoms with Crippen molar-refractivity contribution < 1.29 is 4.74 Å². The topological polar surface area (TPSA) is 34.1 Å². The molecule has 0 saturated heterocycles. The highest BCUT2D eigenvalue weighted by Gasteiger charge is 2.33. The minimum Gasteiger partial charge on any atom is -0.377 e. The van der Waals surface area contributed by atoms with Gasteiger partial charge in [0.05, 0.1) is 17.2 Å². The van der Waals surface area contributed by atoms with Crippen LogP contribution >= 0.6 is 0 Å². The molecule has 1 heterocycles. The first-order chi connectivity index (χ1) is 9.16. The zero-order valence-corrected chi connectivity index (χ0v) is 12.1. The Morgan fingerprint density at radius 3 is 2.74 bits per heavy atom. The fourth-order valence-electron chi connectivity index (χ4n) is 2.63. The standard InChI is InChI=1S/C16H22N2O/c1-5-16(2,19-4)15(17-3)13-8-6-10-14-12(13)9-7-11-18-14/h6-11,15,17H,5H2,1-4H3. The molecule has 0 spiro atoms. The second kappa shape index (κ2) is 5.68. The minimum absolute atomic E-state index is 0.135. The SMILES string of the molecule is CCC(C)(OC)C(NC)c1cccc2ncccc12. The number of ether oxygens (including phenoxy) is 1. The summed E-state index contributed by atoms with van der Waals surface area (Å²) in [5, 5.41) is 4.58. The van der Waals surface area contributed by atoms with E-state index in [2.05, 4.69) is 42.3 Å². The van der Waals surface area contributed by atoms with Gasteiger partial charge in [0.15, 0.2) is 0 Å². The number of rotatable bonds is 5. The molecule has 19 heavy (non-hydrogen) atoms. The average Bonchev–Trinajstić information content (AvgIpc) is 2.48. The van der Waals surface area contributed by atoms with Crippen LogP contribution in [0.3, 0.4) is 0 Å². The zero-order valence-electron chi connectivity index (χ0n) is 12.1. The summed E-state index contributed by atoms with van der Waals surface area (Å²) in [4.78, 5) is 4.42. The molecular formula is C16H22N2O. The van der Waals surface area contributed by atoms with E-state index in [9.17, 15) is 0 Å². The van der Waals surface area contributed by atoms with E-state index in [1.807, 2.05) is 25.4 Å². The first-order valence-corrected chi connectivity index (χ1v) is 6.72. The van der Waals surface area contributed by atoms with Crippen molar-refractivity contribution in [3.8, 4) is 0 Å². The highest BCUT2D eigenvalue weighted by Crippen LogP contribution is 2.34. The number of aromatic nitrogens is 1. The van der Waals surface area contributed by atoms with Crippen molar-refractivity contribution in [2.24, 2.45) is 0 Å². The maximum atomic E-state index is 5.76. The van der Waals surface area contributed by atoms with Gasteiger partial charge in [-0.25, -0.2) is 0 Å². The summed E-state index contributed by atoms with van der Waals surface area (Å²) in [6, 6.07) is 10.5. The number of methoxy groups -OCH3 is 1. The van der Waals surface area contributed by atoms with Crippen molar-refractivity contribution in [3.63, 3.8) is 0 Å². The first-order valence-electron chi connectivity index (χ1n) is 6.72. The van der Waals surface area contributed by atoms with Crippen molar-refractivity contribution >= 4 is 10.9 Å². The molecule has 0 aliphatic rings. The summed E-state index contributed by atoms with van der Waals surface area (Å²) in [5.41, 5.74) is 2.02. The fourth-order valence-corrected chi connectivity index (χ4v) is 2.63. The van der Waals surface area contributed by atoms with Crippen LogP contribution in [-0.4, -0.2) is 24.7 Å². The number of hydrogen-bond acceptors (Lipinski definition) is 3. The summed E-state index contributed by atoms with van der Waals surface area (Å²) in [6.07, 6.45) is 2.77. The molecule has 1 aromatic heterocycles.